The van der Waals surface area contributed by atoms with Gasteiger partial charge in [-0.15, -0.1) is 11.3 Å². The number of anilines is 1. The van der Waals surface area contributed by atoms with Crippen molar-refractivity contribution in [3.8, 4) is 16.6 Å². The van der Waals surface area contributed by atoms with Gasteiger partial charge >= 0.3 is 11.7 Å². The summed E-state index contributed by atoms with van der Waals surface area (Å²) in [5, 5.41) is 0.924. The van der Waals surface area contributed by atoms with Crippen LogP contribution in [-0.4, -0.2) is 49.1 Å². The highest BCUT2D eigenvalue weighted by Crippen LogP contribution is 2.27. The molecule has 1 aliphatic heterocycles. The summed E-state index contributed by atoms with van der Waals surface area (Å²) in [6.07, 6.45) is 6.30. The number of aromatic amines is 1. The van der Waals surface area contributed by atoms with E-state index < -0.39 is 0 Å². The fourth-order valence-corrected chi connectivity index (χ4v) is 5.08. The molecule has 3 aromatic heterocycles. The number of thiazole rings is 1. The van der Waals surface area contributed by atoms with Gasteiger partial charge in [-0.3, -0.25) is 9.47 Å². The predicted octanol–water partition coefficient (Wildman–Crippen LogP) is 3.65. The fraction of sp³-hybridized carbons (Fsp3) is 0.417. The third-order valence-corrected chi connectivity index (χ3v) is 7.06. The summed E-state index contributed by atoms with van der Waals surface area (Å²) in [5.41, 5.74) is 9.02. The molecular weight excluding hydrogens is 450 g/mol. The normalized spacial score (nSPS) is 14.3. The maximum atomic E-state index is 12.6. The highest BCUT2D eigenvalue weighted by molar-refractivity contribution is 7.15. The second-order valence-electron chi connectivity index (χ2n) is 8.62. The average Bonchev–Trinajstić information content (AvgIpc) is 3.58. The van der Waals surface area contributed by atoms with E-state index in [1.54, 1.807) is 15.9 Å². The molecule has 3 N–H and O–H groups in total. The van der Waals surface area contributed by atoms with E-state index >= 15 is 0 Å². The van der Waals surface area contributed by atoms with Crippen LogP contribution in [0.5, 0.6) is 6.01 Å². The highest BCUT2D eigenvalue weighted by Gasteiger charge is 2.16. The van der Waals surface area contributed by atoms with Crippen molar-refractivity contribution in [1.29, 1.82) is 0 Å². The molecular formula is C24H29N7O2S. The summed E-state index contributed by atoms with van der Waals surface area (Å²) >= 11 is 1.56. The Morgan fingerprint density at radius 2 is 1.94 bits per heavy atom. The predicted molar refractivity (Wildman–Crippen MR) is 134 cm³/mol. The summed E-state index contributed by atoms with van der Waals surface area (Å²) in [5.74, 6) is 0.200. The second kappa shape index (κ2) is 9.94. The van der Waals surface area contributed by atoms with E-state index in [9.17, 15) is 4.79 Å². The number of nitrogen functional groups attached to an aromatic ring is 1. The number of ether oxygens (including phenoxy) is 1. The van der Waals surface area contributed by atoms with E-state index in [1.165, 1.54) is 31.5 Å². The zero-order valence-electron chi connectivity index (χ0n) is 19.3. The van der Waals surface area contributed by atoms with Crippen LogP contribution in [-0.2, 0) is 13.1 Å². The molecule has 0 atom stereocenters. The minimum absolute atomic E-state index is 0.185. The molecule has 1 aromatic carbocycles. The number of unbranched alkanes of at least 4 members (excludes halogenated alkanes) is 1. The molecule has 9 nitrogen and oxygen atoms in total. The summed E-state index contributed by atoms with van der Waals surface area (Å²) in [6, 6.07) is 8.79. The topological polar surface area (TPSA) is 115 Å². The van der Waals surface area contributed by atoms with E-state index in [-0.39, 0.29) is 17.5 Å². The Kier molecular flexibility index (Phi) is 6.59. The Morgan fingerprint density at radius 3 is 2.71 bits per heavy atom. The van der Waals surface area contributed by atoms with Crippen molar-refractivity contribution < 1.29 is 4.74 Å². The van der Waals surface area contributed by atoms with E-state index in [1.807, 2.05) is 6.20 Å². The summed E-state index contributed by atoms with van der Waals surface area (Å²) in [7, 11) is 0. The maximum absolute atomic E-state index is 12.6. The molecule has 4 aromatic rings. The molecule has 1 fully saturated rings. The number of nitrogens with zero attached hydrogens (tertiary/aromatic N) is 5. The van der Waals surface area contributed by atoms with Crippen LogP contribution in [0.25, 0.3) is 21.7 Å². The SMILES string of the molecule is CCCCOc1nc(N)c2[nH]c(=O)n(Cc3cnc(-c4ccc(CN5CCCC5)cc4)s3)c2n1. The molecule has 0 unspecified atom stereocenters. The molecule has 0 amide bonds. The molecule has 0 saturated carbocycles. The Labute approximate surface area is 201 Å². The molecule has 0 aliphatic carbocycles. The zero-order valence-corrected chi connectivity index (χ0v) is 20.1. The smallest absolute Gasteiger partial charge is 0.328 e. The van der Waals surface area contributed by atoms with Crippen molar-refractivity contribution in [2.24, 2.45) is 0 Å². The maximum Gasteiger partial charge on any atom is 0.328 e. The quantitative estimate of drug-likeness (QED) is 0.352. The van der Waals surface area contributed by atoms with Gasteiger partial charge in [0, 0.05) is 23.2 Å². The third-order valence-electron chi connectivity index (χ3n) is 6.03. The van der Waals surface area contributed by atoms with E-state index in [4.69, 9.17) is 10.5 Å². The Morgan fingerprint density at radius 1 is 1.15 bits per heavy atom. The minimum Gasteiger partial charge on any atom is -0.463 e. The minimum atomic E-state index is -0.289. The van der Waals surface area contributed by atoms with Gasteiger partial charge in [0.2, 0.25) is 0 Å². The number of aromatic nitrogens is 5. The van der Waals surface area contributed by atoms with Crippen LogP contribution in [0.1, 0.15) is 43.0 Å². The van der Waals surface area contributed by atoms with Crippen LogP contribution in [0.3, 0.4) is 0 Å². The van der Waals surface area contributed by atoms with Gasteiger partial charge in [0.25, 0.3) is 0 Å². The van der Waals surface area contributed by atoms with Crippen molar-refractivity contribution in [2.75, 3.05) is 25.4 Å². The number of hydrogen-bond acceptors (Lipinski definition) is 8. The van der Waals surface area contributed by atoms with Gasteiger partial charge in [-0.2, -0.15) is 9.97 Å². The monoisotopic (exact) mass is 479 g/mol. The lowest BCUT2D eigenvalue weighted by Gasteiger charge is -2.14. The number of nitrogens with one attached hydrogen (secondary N) is 1. The first kappa shape index (κ1) is 22.5. The molecule has 0 bridgehead atoms. The number of imidazole rings is 1. The van der Waals surface area contributed by atoms with E-state index in [0.29, 0.717) is 24.3 Å². The van der Waals surface area contributed by atoms with Crippen molar-refractivity contribution in [3.05, 3.63) is 51.4 Å². The molecule has 178 valence electrons. The molecule has 34 heavy (non-hydrogen) atoms. The molecule has 1 saturated heterocycles. The van der Waals surface area contributed by atoms with Crippen LogP contribution in [0.15, 0.2) is 35.3 Å². The van der Waals surface area contributed by atoms with Crippen molar-refractivity contribution in [2.45, 2.75) is 45.7 Å². The first-order valence-corrected chi connectivity index (χ1v) is 12.6. The lowest BCUT2D eigenvalue weighted by Crippen LogP contribution is -2.18. The lowest BCUT2D eigenvalue weighted by molar-refractivity contribution is 0.286. The third kappa shape index (κ3) is 4.83. The van der Waals surface area contributed by atoms with Crippen molar-refractivity contribution in [1.82, 2.24) is 29.4 Å². The van der Waals surface area contributed by atoms with Gasteiger partial charge in [0.15, 0.2) is 11.5 Å². The standard InChI is InChI=1S/C24H29N7O2S/c1-2-3-12-33-23-28-20(25)19-21(29-23)31(24(32)27-19)15-18-13-26-22(34-18)17-8-6-16(7-9-17)14-30-10-4-5-11-30/h6-9,13H,2-5,10-12,14-15H2,1H3,(H,27,32)(H2,25,28,29). The number of hydrogen-bond donors (Lipinski definition) is 2. The number of fused-ring (bicyclic) bond motifs is 1. The number of H-pyrrole nitrogens is 1. The van der Waals surface area contributed by atoms with Gasteiger partial charge in [0.1, 0.15) is 10.5 Å². The lowest BCUT2D eigenvalue weighted by atomic mass is 10.1. The Hall–Kier alpha value is -3.24. The van der Waals surface area contributed by atoms with Crippen LogP contribution < -0.4 is 16.2 Å². The average molecular weight is 480 g/mol. The molecule has 0 spiro atoms. The van der Waals surface area contributed by atoms with Gasteiger partial charge < -0.3 is 15.5 Å². The van der Waals surface area contributed by atoms with Crippen LogP contribution >= 0.6 is 11.3 Å². The van der Waals surface area contributed by atoms with Crippen LogP contribution in [0, 0.1) is 0 Å². The first-order valence-electron chi connectivity index (χ1n) is 11.8. The van der Waals surface area contributed by atoms with Gasteiger partial charge in [-0.05, 0) is 37.9 Å². The molecule has 10 heteroatoms. The van der Waals surface area contributed by atoms with Crippen molar-refractivity contribution in [3.63, 3.8) is 0 Å². The van der Waals surface area contributed by atoms with Crippen molar-refractivity contribution >= 4 is 28.3 Å². The second-order valence-corrected chi connectivity index (χ2v) is 9.74. The zero-order chi connectivity index (χ0) is 23.5. The first-order chi connectivity index (χ1) is 16.6. The van der Waals surface area contributed by atoms with E-state index in [0.717, 1.165) is 34.8 Å². The number of nitrogens with two attached hydrogens (primary N) is 1. The van der Waals surface area contributed by atoms with Gasteiger partial charge in [-0.1, -0.05) is 37.6 Å². The molecule has 5 rings (SSSR count). The largest absolute Gasteiger partial charge is 0.463 e. The summed E-state index contributed by atoms with van der Waals surface area (Å²) in [4.78, 5) is 32.1. The highest BCUT2D eigenvalue weighted by atomic mass is 32.1. The Balaban J connectivity index is 1.34. The number of benzene rings is 1. The van der Waals surface area contributed by atoms with Gasteiger partial charge in [-0.25, -0.2) is 9.78 Å². The molecule has 1 aliphatic rings. The van der Waals surface area contributed by atoms with Gasteiger partial charge in [0.05, 0.1) is 13.2 Å². The fourth-order valence-electron chi connectivity index (χ4n) is 4.17. The summed E-state index contributed by atoms with van der Waals surface area (Å²) in [6.45, 7) is 6.31. The Bertz CT molecular complexity index is 1320. The number of rotatable bonds is 9. The van der Waals surface area contributed by atoms with E-state index in [2.05, 4.69) is 56.0 Å². The van der Waals surface area contributed by atoms with Crippen LogP contribution in [0.2, 0.25) is 0 Å². The molecule has 0 radical (unpaired) electrons. The summed E-state index contributed by atoms with van der Waals surface area (Å²) < 4.78 is 7.17. The molecule has 4 heterocycles. The number of likely N-dealkylation sites (tertiary alicyclic amines) is 1. The van der Waals surface area contributed by atoms with Crippen LogP contribution in [0.4, 0.5) is 5.82 Å².